The van der Waals surface area contributed by atoms with Crippen molar-refractivity contribution < 1.29 is 9.53 Å². The van der Waals surface area contributed by atoms with Crippen molar-refractivity contribution in [3.63, 3.8) is 0 Å². The molecule has 0 atom stereocenters. The molecular weight excluding hydrogens is 366 g/mol. The topological polar surface area (TPSA) is 74.4 Å². The standard InChI is InChI=1S/C23H25N3O3/c27-22(15-17-5-7-20(8-6-17)26-11-13-29-14-12-26)24-10-9-19-16-18-3-1-2-4-21(18)25-23(19)28/h1-8,16H,9-15H2,(H,24,27)(H,25,28). The Bertz CT molecular complexity index is 1040. The Labute approximate surface area is 169 Å². The van der Waals surface area contributed by atoms with Crippen LogP contribution < -0.4 is 15.8 Å². The highest BCUT2D eigenvalue weighted by molar-refractivity contribution is 5.79. The molecule has 2 heterocycles. The first kappa shape index (κ1) is 19.2. The van der Waals surface area contributed by atoms with E-state index in [1.165, 1.54) is 0 Å². The number of nitrogens with zero attached hydrogens (tertiary/aromatic N) is 1. The summed E-state index contributed by atoms with van der Waals surface area (Å²) in [6, 6.07) is 17.7. The van der Waals surface area contributed by atoms with Crippen molar-refractivity contribution in [1.82, 2.24) is 10.3 Å². The monoisotopic (exact) mass is 391 g/mol. The van der Waals surface area contributed by atoms with Crippen molar-refractivity contribution >= 4 is 22.5 Å². The van der Waals surface area contributed by atoms with Gasteiger partial charge in [0.1, 0.15) is 0 Å². The summed E-state index contributed by atoms with van der Waals surface area (Å²) < 4.78 is 5.38. The van der Waals surface area contributed by atoms with Crippen LogP contribution in [0.25, 0.3) is 10.9 Å². The van der Waals surface area contributed by atoms with Gasteiger partial charge in [0.05, 0.1) is 19.6 Å². The van der Waals surface area contributed by atoms with Crippen molar-refractivity contribution in [2.24, 2.45) is 0 Å². The molecule has 2 N–H and O–H groups in total. The SMILES string of the molecule is O=C(Cc1ccc(N2CCOCC2)cc1)NCCc1cc2ccccc2[nH]c1=O. The van der Waals surface area contributed by atoms with E-state index in [-0.39, 0.29) is 11.5 Å². The van der Waals surface area contributed by atoms with Crippen LogP contribution in [0.5, 0.6) is 0 Å². The summed E-state index contributed by atoms with van der Waals surface area (Å²) in [4.78, 5) is 29.6. The van der Waals surface area contributed by atoms with Crippen LogP contribution >= 0.6 is 0 Å². The maximum Gasteiger partial charge on any atom is 0.251 e. The number of anilines is 1. The molecule has 6 nitrogen and oxygen atoms in total. The maximum absolute atomic E-state index is 12.3. The molecular formula is C23H25N3O3. The summed E-state index contributed by atoms with van der Waals surface area (Å²) in [6.45, 7) is 3.74. The van der Waals surface area contributed by atoms with Crippen LogP contribution in [-0.2, 0) is 22.4 Å². The van der Waals surface area contributed by atoms with E-state index in [4.69, 9.17) is 4.74 Å². The summed E-state index contributed by atoms with van der Waals surface area (Å²) in [5, 5.41) is 3.91. The third-order valence-electron chi connectivity index (χ3n) is 5.22. The average Bonchev–Trinajstić information content (AvgIpc) is 2.75. The lowest BCUT2D eigenvalue weighted by molar-refractivity contribution is -0.120. The van der Waals surface area contributed by atoms with Crippen LogP contribution in [-0.4, -0.2) is 43.7 Å². The normalized spacial score (nSPS) is 14.1. The van der Waals surface area contributed by atoms with E-state index >= 15 is 0 Å². The number of hydrogen-bond acceptors (Lipinski definition) is 4. The number of H-pyrrole nitrogens is 1. The number of para-hydroxylation sites is 1. The van der Waals surface area contributed by atoms with Crippen LogP contribution in [0.15, 0.2) is 59.4 Å². The van der Waals surface area contributed by atoms with Gasteiger partial charge < -0.3 is 19.9 Å². The van der Waals surface area contributed by atoms with Gasteiger partial charge in [-0.05, 0) is 41.6 Å². The number of benzene rings is 2. The largest absolute Gasteiger partial charge is 0.378 e. The highest BCUT2D eigenvalue weighted by Gasteiger charge is 2.11. The van der Waals surface area contributed by atoms with Crippen molar-refractivity contribution in [2.45, 2.75) is 12.8 Å². The van der Waals surface area contributed by atoms with Gasteiger partial charge in [0, 0.05) is 36.4 Å². The predicted molar refractivity (Wildman–Crippen MR) is 114 cm³/mol. The molecule has 150 valence electrons. The number of fused-ring (bicyclic) bond motifs is 1. The van der Waals surface area contributed by atoms with Crippen LogP contribution in [0.2, 0.25) is 0 Å². The molecule has 1 aliphatic rings. The lowest BCUT2D eigenvalue weighted by Crippen LogP contribution is -2.36. The van der Waals surface area contributed by atoms with Gasteiger partial charge in [0.15, 0.2) is 0 Å². The second-order valence-electron chi connectivity index (χ2n) is 7.25. The summed E-state index contributed by atoms with van der Waals surface area (Å²) in [5.41, 5.74) is 3.54. The first-order chi connectivity index (χ1) is 14.2. The molecule has 3 aromatic rings. The number of aromatic amines is 1. The zero-order chi connectivity index (χ0) is 20.1. The van der Waals surface area contributed by atoms with Gasteiger partial charge in [-0.2, -0.15) is 0 Å². The second-order valence-corrected chi connectivity index (χ2v) is 7.25. The molecule has 29 heavy (non-hydrogen) atoms. The van der Waals surface area contributed by atoms with E-state index in [1.54, 1.807) is 0 Å². The summed E-state index contributed by atoms with van der Waals surface area (Å²) in [6.07, 6.45) is 0.833. The van der Waals surface area contributed by atoms with Crippen molar-refractivity contribution in [2.75, 3.05) is 37.7 Å². The number of pyridine rings is 1. The third kappa shape index (κ3) is 4.84. The smallest absolute Gasteiger partial charge is 0.251 e. The highest BCUT2D eigenvalue weighted by atomic mass is 16.5. The number of ether oxygens (including phenoxy) is 1. The van der Waals surface area contributed by atoms with Gasteiger partial charge in [-0.3, -0.25) is 9.59 Å². The minimum absolute atomic E-state index is 0.0404. The molecule has 2 aromatic carbocycles. The van der Waals surface area contributed by atoms with Crippen LogP contribution in [0.1, 0.15) is 11.1 Å². The first-order valence-corrected chi connectivity index (χ1v) is 9.98. The minimum Gasteiger partial charge on any atom is -0.378 e. The minimum atomic E-state index is -0.100. The number of morpholine rings is 1. The van der Waals surface area contributed by atoms with Crippen LogP contribution in [0, 0.1) is 0 Å². The summed E-state index contributed by atoms with van der Waals surface area (Å²) in [7, 11) is 0. The van der Waals surface area contributed by atoms with Crippen molar-refractivity contribution in [3.05, 3.63) is 76.1 Å². The number of carbonyl (C=O) groups excluding carboxylic acids is 1. The first-order valence-electron chi connectivity index (χ1n) is 9.98. The van der Waals surface area contributed by atoms with E-state index < -0.39 is 0 Å². The van der Waals surface area contributed by atoms with Crippen molar-refractivity contribution in [3.8, 4) is 0 Å². The number of hydrogen-bond donors (Lipinski definition) is 2. The van der Waals surface area contributed by atoms with E-state index in [0.29, 0.717) is 24.9 Å². The molecule has 1 aliphatic heterocycles. The fourth-order valence-corrected chi connectivity index (χ4v) is 3.61. The van der Waals surface area contributed by atoms with Gasteiger partial charge >= 0.3 is 0 Å². The molecule has 6 heteroatoms. The lowest BCUT2D eigenvalue weighted by Gasteiger charge is -2.28. The van der Waals surface area contributed by atoms with E-state index in [1.807, 2.05) is 42.5 Å². The van der Waals surface area contributed by atoms with Gasteiger partial charge in [-0.1, -0.05) is 30.3 Å². The van der Waals surface area contributed by atoms with Crippen LogP contribution in [0.4, 0.5) is 5.69 Å². The molecule has 1 amide bonds. The fraction of sp³-hybridized carbons (Fsp3) is 0.304. The van der Waals surface area contributed by atoms with Gasteiger partial charge in [0.2, 0.25) is 5.91 Å². The Hall–Kier alpha value is -3.12. The van der Waals surface area contributed by atoms with Gasteiger partial charge in [0.25, 0.3) is 5.56 Å². The number of aromatic nitrogens is 1. The van der Waals surface area contributed by atoms with E-state index in [9.17, 15) is 9.59 Å². The Morgan fingerprint density at radius 1 is 1.07 bits per heavy atom. The zero-order valence-electron chi connectivity index (χ0n) is 16.3. The highest BCUT2D eigenvalue weighted by Crippen LogP contribution is 2.17. The van der Waals surface area contributed by atoms with E-state index in [2.05, 4.69) is 27.3 Å². The summed E-state index contributed by atoms with van der Waals surface area (Å²) in [5.74, 6) is -0.0404. The number of amides is 1. The fourth-order valence-electron chi connectivity index (χ4n) is 3.61. The summed E-state index contributed by atoms with van der Waals surface area (Å²) >= 11 is 0. The predicted octanol–water partition coefficient (Wildman–Crippen LogP) is 2.27. The maximum atomic E-state index is 12.3. The Morgan fingerprint density at radius 3 is 2.62 bits per heavy atom. The molecule has 0 unspecified atom stereocenters. The number of carbonyl (C=O) groups is 1. The van der Waals surface area contributed by atoms with E-state index in [0.717, 1.165) is 48.5 Å². The molecule has 0 spiro atoms. The van der Waals surface area contributed by atoms with Gasteiger partial charge in [-0.25, -0.2) is 0 Å². The molecule has 1 fully saturated rings. The Balaban J connectivity index is 1.29. The second kappa shape index (κ2) is 8.92. The van der Waals surface area contributed by atoms with Crippen molar-refractivity contribution in [1.29, 1.82) is 0 Å². The Kier molecular flexibility index (Phi) is 5.91. The molecule has 0 bridgehead atoms. The lowest BCUT2D eigenvalue weighted by atomic mass is 10.1. The third-order valence-corrected chi connectivity index (χ3v) is 5.22. The zero-order valence-corrected chi connectivity index (χ0v) is 16.3. The number of nitrogens with one attached hydrogen (secondary N) is 2. The molecule has 0 radical (unpaired) electrons. The molecule has 0 aliphatic carbocycles. The van der Waals surface area contributed by atoms with Gasteiger partial charge in [-0.15, -0.1) is 0 Å². The average molecular weight is 391 g/mol. The number of rotatable bonds is 6. The molecule has 1 aromatic heterocycles. The Morgan fingerprint density at radius 2 is 1.83 bits per heavy atom. The van der Waals surface area contributed by atoms with Crippen LogP contribution in [0.3, 0.4) is 0 Å². The molecule has 0 saturated carbocycles. The quantitative estimate of drug-likeness (QED) is 0.676. The molecule has 1 saturated heterocycles. The molecule has 4 rings (SSSR count).